The number of benzene rings is 2. The molecule has 0 saturated heterocycles. The quantitative estimate of drug-likeness (QED) is 0.633. The summed E-state index contributed by atoms with van der Waals surface area (Å²) in [6.07, 6.45) is 3.18. The molecule has 0 aliphatic rings. The molecule has 3 N–H and O–H groups in total. The Labute approximate surface area is 136 Å². The van der Waals surface area contributed by atoms with Crippen LogP contribution < -0.4 is 11.1 Å². The average Bonchev–Trinajstić information content (AvgIpc) is 2.52. The number of carbonyl (C=O) groups excluding carboxylic acids is 1. The number of hydrogen-bond acceptors (Lipinski definition) is 3. The van der Waals surface area contributed by atoms with E-state index in [4.69, 9.17) is 5.73 Å². The van der Waals surface area contributed by atoms with Gasteiger partial charge in [-0.3, -0.25) is 4.79 Å². The van der Waals surface area contributed by atoms with Gasteiger partial charge in [0.15, 0.2) is 0 Å². The summed E-state index contributed by atoms with van der Waals surface area (Å²) in [5.41, 5.74) is 10.1. The fourth-order valence-corrected chi connectivity index (χ4v) is 3.00. The van der Waals surface area contributed by atoms with Crippen LogP contribution in [0.2, 0.25) is 0 Å². The molecule has 0 unspecified atom stereocenters. The second-order valence-electron chi connectivity index (χ2n) is 5.29. The Hall–Kier alpha value is -1.94. The molecule has 22 heavy (non-hydrogen) atoms. The van der Waals surface area contributed by atoms with E-state index in [0.29, 0.717) is 19.4 Å². The highest BCUT2D eigenvalue weighted by Crippen LogP contribution is 2.21. The number of para-hydroxylation sites is 1. The third-order valence-corrected chi connectivity index (χ3v) is 4.41. The standard InChI is InChI=1S/C18H22N2OS/c1-13-7-8-15(17(11-13)22-2)12-20-18(21)10-9-14-5-3-4-6-16(14)19/h3-8,11H,9-10,12,19H2,1-2H3,(H,20,21). The van der Waals surface area contributed by atoms with Crippen LogP contribution in [-0.4, -0.2) is 12.2 Å². The van der Waals surface area contributed by atoms with Crippen LogP contribution >= 0.6 is 11.8 Å². The third kappa shape index (κ3) is 4.53. The predicted molar refractivity (Wildman–Crippen MR) is 94.0 cm³/mol. The minimum absolute atomic E-state index is 0.0517. The Balaban J connectivity index is 1.87. The van der Waals surface area contributed by atoms with Crippen molar-refractivity contribution >= 4 is 23.4 Å². The smallest absolute Gasteiger partial charge is 0.220 e. The summed E-state index contributed by atoms with van der Waals surface area (Å²) in [5, 5.41) is 2.99. The van der Waals surface area contributed by atoms with Crippen LogP contribution in [-0.2, 0) is 17.8 Å². The minimum Gasteiger partial charge on any atom is -0.399 e. The summed E-state index contributed by atoms with van der Waals surface area (Å²) in [4.78, 5) is 13.2. The molecular formula is C18H22N2OS. The van der Waals surface area contributed by atoms with Gasteiger partial charge in [0, 0.05) is 23.5 Å². The SMILES string of the molecule is CSc1cc(C)ccc1CNC(=O)CCc1ccccc1N. The number of rotatable bonds is 6. The highest BCUT2D eigenvalue weighted by Gasteiger charge is 2.06. The lowest BCUT2D eigenvalue weighted by Gasteiger charge is -2.10. The highest BCUT2D eigenvalue weighted by molar-refractivity contribution is 7.98. The number of nitrogen functional groups attached to an aromatic ring is 1. The molecule has 0 aliphatic heterocycles. The van der Waals surface area contributed by atoms with Crippen molar-refractivity contribution < 1.29 is 4.79 Å². The molecule has 2 aromatic carbocycles. The highest BCUT2D eigenvalue weighted by atomic mass is 32.2. The lowest BCUT2D eigenvalue weighted by atomic mass is 10.1. The summed E-state index contributed by atoms with van der Waals surface area (Å²) < 4.78 is 0. The van der Waals surface area contributed by atoms with Crippen molar-refractivity contribution in [2.24, 2.45) is 0 Å². The van der Waals surface area contributed by atoms with E-state index in [9.17, 15) is 4.79 Å². The van der Waals surface area contributed by atoms with Gasteiger partial charge in [-0.1, -0.05) is 30.3 Å². The van der Waals surface area contributed by atoms with Gasteiger partial charge < -0.3 is 11.1 Å². The van der Waals surface area contributed by atoms with Crippen LogP contribution in [0.25, 0.3) is 0 Å². The molecule has 116 valence electrons. The topological polar surface area (TPSA) is 55.1 Å². The van der Waals surface area contributed by atoms with E-state index in [-0.39, 0.29) is 5.91 Å². The number of anilines is 1. The van der Waals surface area contributed by atoms with E-state index in [1.165, 1.54) is 10.5 Å². The van der Waals surface area contributed by atoms with Crippen LogP contribution in [0.3, 0.4) is 0 Å². The lowest BCUT2D eigenvalue weighted by molar-refractivity contribution is -0.121. The van der Waals surface area contributed by atoms with Crippen molar-refractivity contribution in [3.8, 4) is 0 Å². The van der Waals surface area contributed by atoms with Gasteiger partial charge in [0.2, 0.25) is 5.91 Å². The summed E-state index contributed by atoms with van der Waals surface area (Å²) in [6.45, 7) is 2.64. The first-order valence-corrected chi connectivity index (χ1v) is 8.56. The summed E-state index contributed by atoms with van der Waals surface area (Å²) >= 11 is 1.71. The predicted octanol–water partition coefficient (Wildman–Crippen LogP) is 3.55. The fourth-order valence-electron chi connectivity index (χ4n) is 2.29. The number of thioether (sulfide) groups is 1. The van der Waals surface area contributed by atoms with Gasteiger partial charge in [0.1, 0.15) is 0 Å². The zero-order valence-electron chi connectivity index (χ0n) is 13.1. The molecular weight excluding hydrogens is 292 g/mol. The number of nitrogens with two attached hydrogens (primary N) is 1. The molecule has 0 spiro atoms. The molecule has 0 aromatic heterocycles. The second kappa shape index (κ2) is 7.90. The van der Waals surface area contributed by atoms with E-state index in [2.05, 4.69) is 36.7 Å². The van der Waals surface area contributed by atoms with E-state index in [1.807, 2.05) is 24.3 Å². The van der Waals surface area contributed by atoms with Gasteiger partial charge in [-0.25, -0.2) is 0 Å². The number of nitrogens with one attached hydrogen (secondary N) is 1. The third-order valence-electron chi connectivity index (χ3n) is 3.60. The van der Waals surface area contributed by atoms with Crippen molar-refractivity contribution in [2.75, 3.05) is 12.0 Å². The summed E-state index contributed by atoms with van der Waals surface area (Å²) in [6, 6.07) is 14.0. The van der Waals surface area contributed by atoms with Crippen molar-refractivity contribution in [1.29, 1.82) is 0 Å². The van der Waals surface area contributed by atoms with Gasteiger partial charge in [-0.15, -0.1) is 11.8 Å². The molecule has 2 rings (SSSR count). The van der Waals surface area contributed by atoms with Crippen LogP contribution in [0.15, 0.2) is 47.4 Å². The van der Waals surface area contributed by atoms with Gasteiger partial charge >= 0.3 is 0 Å². The maximum absolute atomic E-state index is 12.0. The van der Waals surface area contributed by atoms with Gasteiger partial charge in [0.25, 0.3) is 0 Å². The Bertz CT molecular complexity index is 655. The van der Waals surface area contributed by atoms with Crippen molar-refractivity contribution in [2.45, 2.75) is 31.2 Å². The fraction of sp³-hybridized carbons (Fsp3) is 0.278. The van der Waals surface area contributed by atoms with Crippen molar-refractivity contribution in [3.05, 3.63) is 59.2 Å². The molecule has 0 atom stereocenters. The average molecular weight is 314 g/mol. The van der Waals surface area contributed by atoms with E-state index in [1.54, 1.807) is 11.8 Å². The molecule has 4 heteroatoms. The zero-order chi connectivity index (χ0) is 15.9. The van der Waals surface area contributed by atoms with E-state index in [0.717, 1.165) is 16.8 Å². The molecule has 1 amide bonds. The molecule has 2 aromatic rings. The maximum atomic E-state index is 12.0. The lowest BCUT2D eigenvalue weighted by Crippen LogP contribution is -2.23. The molecule has 0 bridgehead atoms. The van der Waals surface area contributed by atoms with Crippen LogP contribution in [0, 0.1) is 6.92 Å². The Morgan fingerprint density at radius 3 is 2.68 bits per heavy atom. The number of amides is 1. The largest absolute Gasteiger partial charge is 0.399 e. The zero-order valence-corrected chi connectivity index (χ0v) is 13.9. The number of hydrogen-bond donors (Lipinski definition) is 2. The van der Waals surface area contributed by atoms with Crippen LogP contribution in [0.1, 0.15) is 23.1 Å². The first-order chi connectivity index (χ1) is 10.6. The van der Waals surface area contributed by atoms with Crippen LogP contribution in [0.5, 0.6) is 0 Å². The van der Waals surface area contributed by atoms with Gasteiger partial charge in [0.05, 0.1) is 0 Å². The monoisotopic (exact) mass is 314 g/mol. The van der Waals surface area contributed by atoms with Crippen LogP contribution in [0.4, 0.5) is 5.69 Å². The molecule has 0 saturated carbocycles. The van der Waals surface area contributed by atoms with Gasteiger partial charge in [-0.2, -0.15) is 0 Å². The van der Waals surface area contributed by atoms with Crippen molar-refractivity contribution in [1.82, 2.24) is 5.32 Å². The number of aryl methyl sites for hydroxylation is 2. The molecule has 3 nitrogen and oxygen atoms in total. The number of carbonyl (C=O) groups is 1. The van der Waals surface area contributed by atoms with E-state index < -0.39 is 0 Å². The Morgan fingerprint density at radius 1 is 1.18 bits per heavy atom. The molecule has 0 radical (unpaired) electrons. The molecule has 0 fully saturated rings. The first-order valence-electron chi connectivity index (χ1n) is 7.33. The van der Waals surface area contributed by atoms with Crippen molar-refractivity contribution in [3.63, 3.8) is 0 Å². The molecule has 0 aliphatic carbocycles. The summed E-state index contributed by atoms with van der Waals surface area (Å²) in [5.74, 6) is 0.0517. The maximum Gasteiger partial charge on any atom is 0.220 e. The van der Waals surface area contributed by atoms with Gasteiger partial charge in [-0.05, 0) is 48.4 Å². The minimum atomic E-state index is 0.0517. The van der Waals surface area contributed by atoms with E-state index >= 15 is 0 Å². The normalized spacial score (nSPS) is 10.5. The second-order valence-corrected chi connectivity index (χ2v) is 6.14. The Kier molecular flexibility index (Phi) is 5.90. The Morgan fingerprint density at radius 2 is 1.95 bits per heavy atom. The molecule has 0 heterocycles. The summed E-state index contributed by atoms with van der Waals surface area (Å²) in [7, 11) is 0. The first kappa shape index (κ1) is 16.4.